The lowest BCUT2D eigenvalue weighted by Gasteiger charge is -1.99. The molecule has 0 heterocycles. The van der Waals surface area contributed by atoms with Crippen molar-refractivity contribution in [3.8, 4) is 0 Å². The van der Waals surface area contributed by atoms with E-state index in [1.807, 2.05) is 12.1 Å². The summed E-state index contributed by atoms with van der Waals surface area (Å²) in [7, 11) is 0. The monoisotopic (exact) mass is 198 g/mol. The Balaban J connectivity index is 2.84. The lowest BCUT2D eigenvalue weighted by molar-refractivity contribution is 0.278. The van der Waals surface area contributed by atoms with Crippen LogP contribution >= 0.6 is 11.6 Å². The van der Waals surface area contributed by atoms with Gasteiger partial charge in [-0.1, -0.05) is 29.8 Å². The van der Waals surface area contributed by atoms with Crippen molar-refractivity contribution in [3.05, 3.63) is 40.4 Å². The van der Waals surface area contributed by atoms with Crippen molar-refractivity contribution in [1.29, 1.82) is 0 Å². The Morgan fingerprint density at radius 3 is 2.15 bits per heavy atom. The lowest BCUT2D eigenvalue weighted by atomic mass is 10.1. The minimum atomic E-state index is -0.126. The quantitative estimate of drug-likeness (QED) is 0.777. The molecule has 2 N–H and O–H groups in total. The summed E-state index contributed by atoms with van der Waals surface area (Å²) in [6.45, 7) is -0.252. The van der Waals surface area contributed by atoms with E-state index < -0.39 is 0 Å². The van der Waals surface area contributed by atoms with Gasteiger partial charge in [0.15, 0.2) is 0 Å². The fourth-order valence-corrected chi connectivity index (χ4v) is 1.06. The summed E-state index contributed by atoms with van der Waals surface area (Å²) in [6.07, 6.45) is 1.73. The van der Waals surface area contributed by atoms with Crippen LogP contribution in [0, 0.1) is 0 Å². The van der Waals surface area contributed by atoms with Gasteiger partial charge in [-0.15, -0.1) is 0 Å². The molecule has 3 heteroatoms. The van der Waals surface area contributed by atoms with Gasteiger partial charge in [0.25, 0.3) is 0 Å². The van der Waals surface area contributed by atoms with Crippen LogP contribution < -0.4 is 0 Å². The minimum absolute atomic E-state index is 0.126. The first kappa shape index (κ1) is 10.3. The van der Waals surface area contributed by atoms with Gasteiger partial charge in [-0.25, -0.2) is 0 Å². The van der Waals surface area contributed by atoms with Crippen molar-refractivity contribution in [1.82, 2.24) is 0 Å². The van der Waals surface area contributed by atoms with E-state index in [0.717, 1.165) is 5.56 Å². The van der Waals surface area contributed by atoms with Crippen LogP contribution in [0.3, 0.4) is 0 Å². The van der Waals surface area contributed by atoms with E-state index in [1.54, 1.807) is 18.2 Å². The Hall–Kier alpha value is -0.830. The normalized spacial score (nSPS) is 9.77. The molecule has 13 heavy (non-hydrogen) atoms. The highest BCUT2D eigenvalue weighted by atomic mass is 35.5. The molecule has 0 unspecified atom stereocenters. The van der Waals surface area contributed by atoms with Gasteiger partial charge in [-0.2, -0.15) is 0 Å². The average Bonchev–Trinajstić information content (AvgIpc) is 2.17. The Kier molecular flexibility index (Phi) is 3.96. The smallest absolute Gasteiger partial charge is 0.0667 e. The van der Waals surface area contributed by atoms with Crippen LogP contribution in [-0.4, -0.2) is 23.4 Å². The Bertz CT molecular complexity index is 284. The van der Waals surface area contributed by atoms with E-state index in [9.17, 15) is 0 Å². The molecule has 0 atom stereocenters. The zero-order valence-electron chi connectivity index (χ0n) is 7.07. The summed E-state index contributed by atoms with van der Waals surface area (Å²) in [5, 5.41) is 18.2. The van der Waals surface area contributed by atoms with E-state index in [1.165, 1.54) is 0 Å². The van der Waals surface area contributed by atoms with Crippen LogP contribution in [0.1, 0.15) is 5.56 Å². The predicted octanol–water partition coefficient (Wildman–Crippen LogP) is 1.71. The zero-order valence-corrected chi connectivity index (χ0v) is 7.83. The molecule has 0 spiro atoms. The number of benzene rings is 1. The highest BCUT2D eigenvalue weighted by molar-refractivity contribution is 6.30. The largest absolute Gasteiger partial charge is 0.392 e. The van der Waals surface area contributed by atoms with E-state index >= 15 is 0 Å². The third kappa shape index (κ3) is 3.19. The third-order valence-corrected chi connectivity index (χ3v) is 1.90. The fourth-order valence-electron chi connectivity index (χ4n) is 0.936. The topological polar surface area (TPSA) is 40.5 Å². The van der Waals surface area contributed by atoms with E-state index in [0.29, 0.717) is 10.6 Å². The van der Waals surface area contributed by atoms with E-state index in [4.69, 9.17) is 21.8 Å². The summed E-state index contributed by atoms with van der Waals surface area (Å²) in [5.41, 5.74) is 1.50. The Labute approximate surface area is 82.1 Å². The first-order chi connectivity index (χ1) is 6.26. The average molecular weight is 199 g/mol. The molecule has 0 saturated carbocycles. The number of aliphatic hydroxyl groups is 2. The van der Waals surface area contributed by atoms with Gasteiger partial charge in [0.2, 0.25) is 0 Å². The maximum atomic E-state index is 8.79. The summed E-state index contributed by atoms with van der Waals surface area (Å²) in [6, 6.07) is 7.18. The molecule has 0 aromatic heterocycles. The van der Waals surface area contributed by atoms with E-state index in [-0.39, 0.29) is 13.2 Å². The molecule has 0 aliphatic heterocycles. The summed E-state index contributed by atoms with van der Waals surface area (Å²) in [4.78, 5) is 0. The van der Waals surface area contributed by atoms with Crippen LogP contribution in [0.2, 0.25) is 5.02 Å². The first-order valence-corrected chi connectivity index (χ1v) is 4.31. The van der Waals surface area contributed by atoms with Gasteiger partial charge in [-0.3, -0.25) is 0 Å². The van der Waals surface area contributed by atoms with Crippen molar-refractivity contribution < 1.29 is 10.2 Å². The van der Waals surface area contributed by atoms with Gasteiger partial charge in [0.05, 0.1) is 13.2 Å². The van der Waals surface area contributed by atoms with Gasteiger partial charge in [-0.05, 0) is 23.3 Å². The van der Waals surface area contributed by atoms with Crippen molar-refractivity contribution in [3.63, 3.8) is 0 Å². The second kappa shape index (κ2) is 5.02. The number of rotatable bonds is 3. The SMILES string of the molecule is OCC(=Cc1ccc(Cl)cc1)CO. The summed E-state index contributed by atoms with van der Waals surface area (Å²) >= 11 is 5.70. The first-order valence-electron chi connectivity index (χ1n) is 3.93. The number of hydrogen-bond donors (Lipinski definition) is 2. The molecule has 1 aromatic carbocycles. The zero-order chi connectivity index (χ0) is 9.68. The van der Waals surface area contributed by atoms with Crippen LogP contribution in [0.25, 0.3) is 6.08 Å². The van der Waals surface area contributed by atoms with Crippen molar-refractivity contribution in [2.75, 3.05) is 13.2 Å². The number of hydrogen-bond acceptors (Lipinski definition) is 2. The molecule has 0 radical (unpaired) electrons. The molecule has 0 saturated heterocycles. The molecule has 0 fully saturated rings. The van der Waals surface area contributed by atoms with Gasteiger partial charge >= 0.3 is 0 Å². The van der Waals surface area contributed by atoms with Crippen LogP contribution in [0.15, 0.2) is 29.8 Å². The van der Waals surface area contributed by atoms with E-state index in [2.05, 4.69) is 0 Å². The highest BCUT2D eigenvalue weighted by Crippen LogP contribution is 2.12. The number of aliphatic hydroxyl groups excluding tert-OH is 2. The maximum absolute atomic E-state index is 8.79. The van der Waals surface area contributed by atoms with Crippen LogP contribution in [0.4, 0.5) is 0 Å². The van der Waals surface area contributed by atoms with Crippen LogP contribution in [-0.2, 0) is 0 Å². The lowest BCUT2D eigenvalue weighted by Crippen LogP contribution is -1.95. The van der Waals surface area contributed by atoms with Gasteiger partial charge < -0.3 is 10.2 Å². The maximum Gasteiger partial charge on any atom is 0.0667 e. The number of halogens is 1. The molecular formula is C10H11ClO2. The molecule has 0 bridgehead atoms. The summed E-state index contributed by atoms with van der Waals surface area (Å²) in [5.74, 6) is 0. The molecule has 1 rings (SSSR count). The molecule has 1 aromatic rings. The van der Waals surface area contributed by atoms with Crippen LogP contribution in [0.5, 0.6) is 0 Å². The standard InChI is InChI=1S/C10H11ClO2/c11-10-3-1-8(2-4-10)5-9(6-12)7-13/h1-5,12-13H,6-7H2. The molecule has 0 amide bonds. The minimum Gasteiger partial charge on any atom is -0.392 e. The van der Waals surface area contributed by atoms with Crippen molar-refractivity contribution in [2.45, 2.75) is 0 Å². The van der Waals surface area contributed by atoms with Gasteiger partial charge in [0, 0.05) is 5.02 Å². The Morgan fingerprint density at radius 1 is 1.15 bits per heavy atom. The van der Waals surface area contributed by atoms with Gasteiger partial charge in [0.1, 0.15) is 0 Å². The molecule has 2 nitrogen and oxygen atoms in total. The molecular weight excluding hydrogens is 188 g/mol. The fraction of sp³-hybridized carbons (Fsp3) is 0.200. The highest BCUT2D eigenvalue weighted by Gasteiger charge is 1.93. The molecule has 70 valence electrons. The summed E-state index contributed by atoms with van der Waals surface area (Å²) < 4.78 is 0. The second-order valence-electron chi connectivity index (χ2n) is 2.67. The van der Waals surface area contributed by atoms with Crippen molar-refractivity contribution >= 4 is 17.7 Å². The predicted molar refractivity (Wildman–Crippen MR) is 53.6 cm³/mol. The molecule has 0 aliphatic rings. The second-order valence-corrected chi connectivity index (χ2v) is 3.11. The molecule has 0 aliphatic carbocycles. The van der Waals surface area contributed by atoms with Crippen molar-refractivity contribution in [2.24, 2.45) is 0 Å². The Morgan fingerprint density at radius 2 is 1.69 bits per heavy atom. The third-order valence-electron chi connectivity index (χ3n) is 1.65.